The van der Waals surface area contributed by atoms with Gasteiger partial charge in [-0.1, -0.05) is 35.9 Å². The van der Waals surface area contributed by atoms with Crippen LogP contribution in [0.15, 0.2) is 59.7 Å². The second-order valence-electron chi connectivity index (χ2n) is 5.95. The van der Waals surface area contributed by atoms with E-state index in [1.807, 2.05) is 24.3 Å². The lowest BCUT2D eigenvalue weighted by Crippen LogP contribution is -2.25. The number of carbonyl (C=O) groups excluding carboxylic acids is 1. The highest BCUT2D eigenvalue weighted by atomic mass is 35.5. The normalized spacial score (nSPS) is 14.0. The number of aromatic nitrogens is 2. The number of hydrogen-bond acceptors (Lipinski definition) is 4. The first kappa shape index (κ1) is 16.4. The zero-order chi connectivity index (χ0) is 18.1. The van der Waals surface area contributed by atoms with Crippen LogP contribution in [0.3, 0.4) is 0 Å². The van der Waals surface area contributed by atoms with E-state index < -0.39 is 0 Å². The van der Waals surface area contributed by atoms with Crippen LogP contribution < -0.4 is 5.43 Å². The fourth-order valence-electron chi connectivity index (χ4n) is 2.80. The molecule has 0 unspecified atom stereocenters. The zero-order valence-corrected chi connectivity index (χ0v) is 14.4. The Morgan fingerprint density at radius 2 is 1.69 bits per heavy atom. The van der Waals surface area contributed by atoms with Gasteiger partial charge >= 0.3 is 0 Å². The minimum absolute atomic E-state index is 0.0470. The Kier molecular flexibility index (Phi) is 4.18. The van der Waals surface area contributed by atoms with Gasteiger partial charge in [0.2, 0.25) is 11.8 Å². The minimum Gasteiger partial charge on any atom is -0.493 e. The topological polar surface area (TPSA) is 79.5 Å². The summed E-state index contributed by atoms with van der Waals surface area (Å²) in [5.41, 5.74) is 6.56. The number of rotatable bonds is 3. The highest BCUT2D eigenvalue weighted by Crippen LogP contribution is 2.26. The van der Waals surface area contributed by atoms with E-state index in [1.54, 1.807) is 30.3 Å². The van der Waals surface area contributed by atoms with Gasteiger partial charge in [-0.2, -0.15) is 10.2 Å². The van der Waals surface area contributed by atoms with Gasteiger partial charge in [-0.3, -0.25) is 4.79 Å². The number of hydrazone groups is 1. The van der Waals surface area contributed by atoms with Crippen LogP contribution in [0.5, 0.6) is 5.88 Å². The van der Waals surface area contributed by atoms with E-state index in [1.165, 1.54) is 4.68 Å². The summed E-state index contributed by atoms with van der Waals surface area (Å²) in [7, 11) is 0. The standard InChI is InChI=1S/C19H15ClN4O2/c20-14-5-7-15(8-6-14)24-19(26)11-17(23-24)13-3-1-12(2-4-13)16-9-10-18(25)22-21-16/h1-8,11,26H,9-10H2,(H,22,25). The molecule has 3 aromatic rings. The Morgan fingerprint density at radius 1 is 1.00 bits per heavy atom. The van der Waals surface area contributed by atoms with Gasteiger partial charge in [-0.05, 0) is 29.8 Å². The van der Waals surface area contributed by atoms with Crippen molar-refractivity contribution in [1.82, 2.24) is 15.2 Å². The number of benzene rings is 2. The van der Waals surface area contributed by atoms with E-state index in [0.717, 1.165) is 22.5 Å². The van der Waals surface area contributed by atoms with E-state index in [4.69, 9.17) is 11.6 Å². The molecule has 130 valence electrons. The molecule has 0 spiro atoms. The van der Waals surface area contributed by atoms with Crippen molar-refractivity contribution >= 4 is 23.2 Å². The first-order chi connectivity index (χ1) is 12.6. The smallest absolute Gasteiger partial charge is 0.240 e. The van der Waals surface area contributed by atoms with Crippen LogP contribution in [-0.4, -0.2) is 26.5 Å². The first-order valence-corrected chi connectivity index (χ1v) is 8.49. The molecule has 0 bridgehead atoms. The number of carbonyl (C=O) groups is 1. The van der Waals surface area contributed by atoms with Gasteiger partial charge in [0.05, 0.1) is 17.1 Å². The number of nitrogens with zero attached hydrogens (tertiary/aromatic N) is 3. The fourth-order valence-corrected chi connectivity index (χ4v) is 2.93. The summed E-state index contributed by atoms with van der Waals surface area (Å²) in [6.07, 6.45) is 1.07. The molecular formula is C19H15ClN4O2. The second-order valence-corrected chi connectivity index (χ2v) is 6.38. The Labute approximate surface area is 154 Å². The summed E-state index contributed by atoms with van der Waals surface area (Å²) in [6, 6.07) is 16.4. The van der Waals surface area contributed by atoms with Crippen molar-refractivity contribution in [2.45, 2.75) is 12.8 Å². The summed E-state index contributed by atoms with van der Waals surface area (Å²) < 4.78 is 1.46. The predicted molar refractivity (Wildman–Crippen MR) is 99.6 cm³/mol. The lowest BCUT2D eigenvalue weighted by atomic mass is 10.0. The number of nitrogens with one attached hydrogen (secondary N) is 1. The maximum absolute atomic E-state index is 11.2. The van der Waals surface area contributed by atoms with Crippen LogP contribution in [0.2, 0.25) is 5.02 Å². The van der Waals surface area contributed by atoms with Crippen LogP contribution in [0.25, 0.3) is 16.9 Å². The third-order valence-corrected chi connectivity index (χ3v) is 4.43. The van der Waals surface area contributed by atoms with E-state index >= 15 is 0 Å². The van der Waals surface area contributed by atoms with E-state index in [2.05, 4.69) is 15.6 Å². The van der Waals surface area contributed by atoms with Crippen LogP contribution >= 0.6 is 11.6 Å². The van der Waals surface area contributed by atoms with Crippen molar-refractivity contribution < 1.29 is 9.90 Å². The third kappa shape index (κ3) is 3.19. The van der Waals surface area contributed by atoms with Gasteiger partial charge in [0, 0.05) is 29.5 Å². The quantitative estimate of drug-likeness (QED) is 0.744. The monoisotopic (exact) mass is 366 g/mol. The fraction of sp³-hybridized carbons (Fsp3) is 0.105. The largest absolute Gasteiger partial charge is 0.493 e. The summed E-state index contributed by atoms with van der Waals surface area (Å²) in [4.78, 5) is 11.2. The molecule has 7 heteroatoms. The summed E-state index contributed by atoms with van der Waals surface area (Å²) in [5.74, 6) is -0.0145. The van der Waals surface area contributed by atoms with Gasteiger partial charge in [-0.15, -0.1) is 0 Å². The minimum atomic E-state index is -0.0615. The van der Waals surface area contributed by atoms with Crippen LogP contribution in [0.1, 0.15) is 18.4 Å². The maximum atomic E-state index is 11.2. The molecule has 6 nitrogen and oxygen atoms in total. The third-order valence-electron chi connectivity index (χ3n) is 4.18. The van der Waals surface area contributed by atoms with Crippen molar-refractivity contribution in [3.05, 3.63) is 65.2 Å². The van der Waals surface area contributed by atoms with Crippen LogP contribution in [0, 0.1) is 0 Å². The summed E-state index contributed by atoms with van der Waals surface area (Å²) in [5, 5.41) is 19.4. The molecule has 1 aliphatic rings. The molecule has 2 aromatic carbocycles. The molecule has 0 aliphatic carbocycles. The second kappa shape index (κ2) is 6.65. The van der Waals surface area contributed by atoms with Gasteiger partial charge < -0.3 is 5.11 Å². The lowest BCUT2D eigenvalue weighted by molar-refractivity contribution is -0.121. The Hall–Kier alpha value is -3.12. The molecule has 0 atom stereocenters. The van der Waals surface area contributed by atoms with Gasteiger partial charge in [0.15, 0.2) is 0 Å². The molecule has 4 rings (SSSR count). The van der Waals surface area contributed by atoms with Crippen molar-refractivity contribution in [1.29, 1.82) is 0 Å². The van der Waals surface area contributed by atoms with Gasteiger partial charge in [-0.25, -0.2) is 10.1 Å². The molecule has 0 saturated carbocycles. The van der Waals surface area contributed by atoms with Gasteiger partial charge in [0.25, 0.3) is 0 Å². The van der Waals surface area contributed by atoms with Crippen molar-refractivity contribution in [2.24, 2.45) is 5.10 Å². The number of hydrogen-bond donors (Lipinski definition) is 2. The molecule has 2 heterocycles. The Morgan fingerprint density at radius 3 is 2.35 bits per heavy atom. The molecule has 0 radical (unpaired) electrons. The van der Waals surface area contributed by atoms with Crippen LogP contribution in [0.4, 0.5) is 0 Å². The van der Waals surface area contributed by atoms with E-state index in [-0.39, 0.29) is 11.8 Å². The molecule has 1 aliphatic heterocycles. The molecule has 1 aromatic heterocycles. The van der Waals surface area contributed by atoms with Crippen LogP contribution in [-0.2, 0) is 4.79 Å². The summed E-state index contributed by atoms with van der Waals surface area (Å²) >= 11 is 5.90. The number of halogens is 1. The van der Waals surface area contributed by atoms with Crippen molar-refractivity contribution in [3.63, 3.8) is 0 Å². The van der Waals surface area contributed by atoms with E-state index in [9.17, 15) is 9.90 Å². The molecular weight excluding hydrogens is 352 g/mol. The molecule has 1 amide bonds. The summed E-state index contributed by atoms with van der Waals surface area (Å²) in [6.45, 7) is 0. The Balaban J connectivity index is 1.61. The average Bonchev–Trinajstić information content (AvgIpc) is 3.05. The average molecular weight is 367 g/mol. The number of amides is 1. The zero-order valence-electron chi connectivity index (χ0n) is 13.7. The van der Waals surface area contributed by atoms with Crippen molar-refractivity contribution in [3.8, 4) is 22.8 Å². The lowest BCUT2D eigenvalue weighted by Gasteiger charge is -2.12. The SMILES string of the molecule is O=C1CCC(c2ccc(-c3cc(O)n(-c4ccc(Cl)cc4)n3)cc2)=NN1. The molecule has 26 heavy (non-hydrogen) atoms. The Bertz CT molecular complexity index is 991. The van der Waals surface area contributed by atoms with Gasteiger partial charge in [0.1, 0.15) is 0 Å². The number of aromatic hydroxyl groups is 1. The highest BCUT2D eigenvalue weighted by molar-refractivity contribution is 6.30. The molecule has 2 N–H and O–H groups in total. The predicted octanol–water partition coefficient (Wildman–Crippen LogP) is 3.51. The highest BCUT2D eigenvalue weighted by Gasteiger charge is 2.14. The van der Waals surface area contributed by atoms with Crippen molar-refractivity contribution in [2.75, 3.05) is 0 Å². The first-order valence-electron chi connectivity index (χ1n) is 8.11. The van der Waals surface area contributed by atoms with E-state index in [0.29, 0.717) is 23.6 Å². The molecule has 0 fully saturated rings. The molecule has 0 saturated heterocycles. The maximum Gasteiger partial charge on any atom is 0.240 e.